The summed E-state index contributed by atoms with van der Waals surface area (Å²) in [5.74, 6) is -0.115. The molecule has 1 unspecified atom stereocenters. The molecule has 0 radical (unpaired) electrons. The van der Waals surface area contributed by atoms with Gasteiger partial charge in [-0.3, -0.25) is 14.5 Å². The molecule has 18 heavy (non-hydrogen) atoms. The number of carbonyl (C=O) groups is 2. The van der Waals surface area contributed by atoms with Crippen LogP contribution in [-0.2, 0) is 9.59 Å². The summed E-state index contributed by atoms with van der Waals surface area (Å²) in [7, 11) is 0. The molecule has 1 saturated heterocycles. The van der Waals surface area contributed by atoms with Crippen molar-refractivity contribution in [2.45, 2.75) is 31.7 Å². The Kier molecular flexibility index (Phi) is 3.92. The molecule has 1 aromatic carbocycles. The molecule has 0 aliphatic carbocycles. The highest BCUT2D eigenvalue weighted by molar-refractivity contribution is 6.02. The average Bonchev–Trinajstić information content (AvgIpc) is 2.72. The number of rotatable bonds is 5. The van der Waals surface area contributed by atoms with Gasteiger partial charge in [0.1, 0.15) is 0 Å². The Bertz CT molecular complexity index is 437. The number of imide groups is 1. The van der Waals surface area contributed by atoms with Gasteiger partial charge in [0.2, 0.25) is 11.8 Å². The first kappa shape index (κ1) is 12.6. The summed E-state index contributed by atoms with van der Waals surface area (Å²) in [6.07, 6.45) is 4.04. The first-order valence-corrected chi connectivity index (χ1v) is 6.24. The molecule has 1 atom stereocenters. The van der Waals surface area contributed by atoms with Gasteiger partial charge in [0.15, 0.2) is 0 Å². The topological polar surface area (TPSA) is 37.4 Å². The van der Waals surface area contributed by atoms with E-state index in [4.69, 9.17) is 0 Å². The van der Waals surface area contributed by atoms with Gasteiger partial charge >= 0.3 is 0 Å². The number of allylic oxidation sites excluding steroid dienone is 1. The maximum absolute atomic E-state index is 11.8. The zero-order chi connectivity index (χ0) is 13.0. The van der Waals surface area contributed by atoms with Crippen LogP contribution in [0.3, 0.4) is 0 Å². The molecule has 0 N–H and O–H groups in total. The third-order valence-corrected chi connectivity index (χ3v) is 3.23. The van der Waals surface area contributed by atoms with Crippen molar-refractivity contribution in [1.29, 1.82) is 0 Å². The lowest BCUT2D eigenvalue weighted by Gasteiger charge is -2.26. The van der Waals surface area contributed by atoms with Crippen LogP contribution >= 0.6 is 0 Å². The minimum atomic E-state index is -0.147. The molecule has 0 aromatic heterocycles. The van der Waals surface area contributed by atoms with Gasteiger partial charge in [0.05, 0.1) is 6.04 Å². The quantitative estimate of drug-likeness (QED) is 0.589. The Balaban J connectivity index is 2.27. The first-order valence-electron chi connectivity index (χ1n) is 6.24. The second-order valence-corrected chi connectivity index (χ2v) is 4.45. The summed E-state index contributed by atoms with van der Waals surface area (Å²) in [4.78, 5) is 25.1. The highest BCUT2D eigenvalue weighted by atomic mass is 16.2. The molecule has 2 rings (SSSR count). The summed E-state index contributed by atoms with van der Waals surface area (Å²) in [6.45, 7) is 3.70. The van der Waals surface area contributed by atoms with Crippen molar-refractivity contribution in [3.63, 3.8) is 0 Å². The number of carbonyl (C=O) groups excluding carboxylic acids is 2. The number of likely N-dealkylation sites (tertiary alicyclic amines) is 1. The van der Waals surface area contributed by atoms with E-state index in [9.17, 15) is 9.59 Å². The van der Waals surface area contributed by atoms with Crippen molar-refractivity contribution in [2.24, 2.45) is 0 Å². The predicted molar refractivity (Wildman–Crippen MR) is 69.7 cm³/mol. The zero-order valence-electron chi connectivity index (χ0n) is 10.3. The smallest absolute Gasteiger partial charge is 0.230 e. The SMILES string of the molecule is C=CCCC(c1ccccc1)N1C(=O)CCC1=O. The Labute approximate surface area is 107 Å². The van der Waals surface area contributed by atoms with Gasteiger partial charge in [0.25, 0.3) is 0 Å². The van der Waals surface area contributed by atoms with Crippen LogP contribution in [0.4, 0.5) is 0 Å². The molecule has 2 amide bonds. The van der Waals surface area contributed by atoms with Crippen LogP contribution in [0.25, 0.3) is 0 Å². The third-order valence-electron chi connectivity index (χ3n) is 3.23. The largest absolute Gasteiger partial charge is 0.275 e. The number of nitrogens with zero attached hydrogens (tertiary/aromatic N) is 1. The number of benzene rings is 1. The van der Waals surface area contributed by atoms with E-state index in [0.717, 1.165) is 18.4 Å². The zero-order valence-corrected chi connectivity index (χ0v) is 10.3. The number of hydrogen-bond acceptors (Lipinski definition) is 2. The van der Waals surface area contributed by atoms with Crippen LogP contribution in [0.5, 0.6) is 0 Å². The van der Waals surface area contributed by atoms with Gasteiger partial charge in [-0.05, 0) is 18.4 Å². The molecular weight excluding hydrogens is 226 g/mol. The van der Waals surface area contributed by atoms with E-state index in [0.29, 0.717) is 12.8 Å². The van der Waals surface area contributed by atoms with Crippen LogP contribution in [0, 0.1) is 0 Å². The molecule has 0 bridgehead atoms. The first-order chi connectivity index (χ1) is 8.74. The van der Waals surface area contributed by atoms with Crippen LogP contribution < -0.4 is 0 Å². The van der Waals surface area contributed by atoms with E-state index in [1.54, 1.807) is 0 Å². The van der Waals surface area contributed by atoms with Crippen molar-refractivity contribution in [3.8, 4) is 0 Å². The Morgan fingerprint density at radius 2 is 1.78 bits per heavy atom. The van der Waals surface area contributed by atoms with E-state index in [1.807, 2.05) is 36.4 Å². The van der Waals surface area contributed by atoms with Gasteiger partial charge in [-0.2, -0.15) is 0 Å². The predicted octanol–water partition coefficient (Wildman–Crippen LogP) is 2.84. The summed E-state index contributed by atoms with van der Waals surface area (Å²) >= 11 is 0. The lowest BCUT2D eigenvalue weighted by atomic mass is 10.0. The highest BCUT2D eigenvalue weighted by Crippen LogP contribution is 2.30. The third kappa shape index (κ3) is 2.50. The molecule has 1 fully saturated rings. The fourth-order valence-electron chi connectivity index (χ4n) is 2.34. The van der Waals surface area contributed by atoms with Crippen molar-refractivity contribution >= 4 is 11.8 Å². The normalized spacial score (nSPS) is 17.0. The second-order valence-electron chi connectivity index (χ2n) is 4.45. The van der Waals surface area contributed by atoms with Crippen molar-refractivity contribution in [2.75, 3.05) is 0 Å². The van der Waals surface area contributed by atoms with E-state index in [-0.39, 0.29) is 17.9 Å². The maximum Gasteiger partial charge on any atom is 0.230 e. The summed E-state index contributed by atoms with van der Waals surface area (Å²) in [5, 5.41) is 0. The fourth-order valence-corrected chi connectivity index (χ4v) is 2.34. The van der Waals surface area contributed by atoms with E-state index >= 15 is 0 Å². The highest BCUT2D eigenvalue weighted by Gasteiger charge is 2.35. The summed E-state index contributed by atoms with van der Waals surface area (Å²) in [5.41, 5.74) is 1.02. The van der Waals surface area contributed by atoms with Crippen LogP contribution in [-0.4, -0.2) is 16.7 Å². The maximum atomic E-state index is 11.8. The molecule has 1 heterocycles. The monoisotopic (exact) mass is 243 g/mol. The lowest BCUT2D eigenvalue weighted by Crippen LogP contribution is -2.33. The fraction of sp³-hybridized carbons (Fsp3) is 0.333. The van der Waals surface area contributed by atoms with Gasteiger partial charge in [-0.25, -0.2) is 0 Å². The Hall–Kier alpha value is -1.90. The molecule has 1 aliphatic heterocycles. The molecule has 1 aromatic rings. The minimum absolute atomic E-state index is 0.0575. The molecule has 94 valence electrons. The van der Waals surface area contributed by atoms with Crippen LogP contribution in [0.2, 0.25) is 0 Å². The molecule has 3 nitrogen and oxygen atoms in total. The number of amides is 2. The number of hydrogen-bond donors (Lipinski definition) is 0. The van der Waals surface area contributed by atoms with Gasteiger partial charge in [-0.15, -0.1) is 6.58 Å². The van der Waals surface area contributed by atoms with Crippen LogP contribution in [0.1, 0.15) is 37.3 Å². The average molecular weight is 243 g/mol. The Morgan fingerprint density at radius 1 is 1.17 bits per heavy atom. The molecular formula is C15H17NO2. The molecule has 0 spiro atoms. The lowest BCUT2D eigenvalue weighted by molar-refractivity contribution is -0.141. The summed E-state index contributed by atoms with van der Waals surface area (Å²) < 4.78 is 0. The van der Waals surface area contributed by atoms with Gasteiger partial charge < -0.3 is 0 Å². The Morgan fingerprint density at radius 3 is 2.33 bits per heavy atom. The summed E-state index contributed by atoms with van der Waals surface area (Å²) in [6, 6.07) is 9.58. The van der Waals surface area contributed by atoms with Crippen molar-refractivity contribution < 1.29 is 9.59 Å². The molecule has 3 heteroatoms. The molecule has 0 saturated carbocycles. The second kappa shape index (κ2) is 5.63. The van der Waals surface area contributed by atoms with Crippen molar-refractivity contribution in [1.82, 2.24) is 4.90 Å². The van der Waals surface area contributed by atoms with E-state index in [2.05, 4.69) is 6.58 Å². The van der Waals surface area contributed by atoms with Crippen LogP contribution in [0.15, 0.2) is 43.0 Å². The molecule has 1 aliphatic rings. The van der Waals surface area contributed by atoms with Gasteiger partial charge in [0, 0.05) is 12.8 Å². The minimum Gasteiger partial charge on any atom is -0.275 e. The van der Waals surface area contributed by atoms with E-state index < -0.39 is 0 Å². The van der Waals surface area contributed by atoms with Gasteiger partial charge in [-0.1, -0.05) is 36.4 Å². The van der Waals surface area contributed by atoms with E-state index in [1.165, 1.54) is 4.90 Å². The van der Waals surface area contributed by atoms with Crippen molar-refractivity contribution in [3.05, 3.63) is 48.6 Å². The standard InChI is InChI=1S/C15H17NO2/c1-2-3-9-13(12-7-5-4-6-8-12)16-14(17)10-11-15(16)18/h2,4-8,13H,1,3,9-11H2.